The van der Waals surface area contributed by atoms with E-state index in [9.17, 15) is 4.79 Å². The summed E-state index contributed by atoms with van der Waals surface area (Å²) in [5.74, 6) is 1.39. The first-order valence-corrected chi connectivity index (χ1v) is 10.0. The second-order valence-corrected chi connectivity index (χ2v) is 8.15. The molecule has 0 saturated heterocycles. The van der Waals surface area contributed by atoms with Crippen molar-refractivity contribution in [3.8, 4) is 10.8 Å². The van der Waals surface area contributed by atoms with Crippen LogP contribution in [0, 0.1) is 6.92 Å². The van der Waals surface area contributed by atoms with Crippen molar-refractivity contribution in [1.82, 2.24) is 4.98 Å². The molecule has 0 unspecified atom stereocenters. The fourth-order valence-electron chi connectivity index (χ4n) is 2.14. The molecule has 0 spiro atoms. The molecule has 25 heavy (non-hydrogen) atoms. The molecule has 0 saturated carbocycles. The largest absolute Gasteiger partial charge is 0.462 e. The maximum atomic E-state index is 12.4. The van der Waals surface area contributed by atoms with Crippen LogP contribution >= 0.6 is 34.7 Å². The fourth-order valence-corrected chi connectivity index (χ4v) is 3.98. The highest BCUT2D eigenvalue weighted by molar-refractivity contribution is 7.99. The number of halogens is 1. The highest BCUT2D eigenvalue weighted by atomic mass is 35.5. The number of aryl methyl sites for hydroxylation is 1. The number of hydrogen-bond acceptors (Lipinski definition) is 5. The summed E-state index contributed by atoms with van der Waals surface area (Å²) in [6.07, 6.45) is 1.63. The van der Waals surface area contributed by atoms with Gasteiger partial charge in [0.1, 0.15) is 0 Å². The van der Waals surface area contributed by atoms with Crippen molar-refractivity contribution in [2.24, 2.45) is 0 Å². The lowest BCUT2D eigenvalue weighted by Crippen LogP contribution is -2.23. The fraction of sp³-hybridized carbons (Fsp3) is 0.222. The first kappa shape index (κ1) is 18.0. The van der Waals surface area contributed by atoms with Gasteiger partial charge in [-0.1, -0.05) is 17.7 Å². The molecular formula is C18H17ClN2O2S2. The lowest BCUT2D eigenvalue weighted by atomic mass is 10.2. The number of thioether (sulfide) groups is 1. The van der Waals surface area contributed by atoms with E-state index >= 15 is 0 Å². The zero-order chi connectivity index (χ0) is 17.8. The molecule has 0 aliphatic carbocycles. The van der Waals surface area contributed by atoms with Gasteiger partial charge in [-0.3, -0.25) is 4.79 Å². The second-order valence-electron chi connectivity index (χ2n) is 5.52. The van der Waals surface area contributed by atoms with E-state index in [1.807, 2.05) is 43.5 Å². The van der Waals surface area contributed by atoms with Crippen molar-refractivity contribution in [3.05, 3.63) is 58.3 Å². The summed E-state index contributed by atoms with van der Waals surface area (Å²) in [4.78, 5) is 16.9. The number of benzene rings is 1. The Bertz CT molecular complexity index is 862. The van der Waals surface area contributed by atoms with E-state index in [1.165, 1.54) is 0 Å². The van der Waals surface area contributed by atoms with Crippen molar-refractivity contribution in [2.75, 3.05) is 5.32 Å². The summed E-state index contributed by atoms with van der Waals surface area (Å²) in [7, 11) is 0. The van der Waals surface area contributed by atoms with Gasteiger partial charge in [0.25, 0.3) is 0 Å². The molecule has 3 rings (SSSR count). The normalized spacial score (nSPS) is 12.1. The number of nitrogens with one attached hydrogen (secondary N) is 1. The average Bonchev–Trinajstić information content (AvgIpc) is 3.26. The number of carbonyl (C=O) groups excluding carboxylic acids is 1. The van der Waals surface area contributed by atoms with E-state index < -0.39 is 0 Å². The summed E-state index contributed by atoms with van der Waals surface area (Å²) >= 11 is 9.08. The van der Waals surface area contributed by atoms with Crippen LogP contribution in [0.1, 0.15) is 18.2 Å². The van der Waals surface area contributed by atoms with E-state index in [4.69, 9.17) is 16.0 Å². The highest BCUT2D eigenvalue weighted by Gasteiger charge is 2.16. The van der Waals surface area contributed by atoms with E-state index in [1.54, 1.807) is 35.4 Å². The molecule has 0 aliphatic heterocycles. The van der Waals surface area contributed by atoms with Crippen LogP contribution < -0.4 is 5.32 Å². The van der Waals surface area contributed by atoms with Gasteiger partial charge in [-0.25, -0.2) is 4.98 Å². The number of amides is 1. The van der Waals surface area contributed by atoms with E-state index in [0.717, 1.165) is 27.7 Å². The first-order valence-electron chi connectivity index (χ1n) is 7.70. The Morgan fingerprint density at radius 1 is 1.44 bits per heavy atom. The van der Waals surface area contributed by atoms with Gasteiger partial charge in [0, 0.05) is 21.8 Å². The number of anilines is 1. The molecule has 0 radical (unpaired) electrons. The maximum Gasteiger partial charge on any atom is 0.237 e. The lowest BCUT2D eigenvalue weighted by Gasteiger charge is -2.13. The van der Waals surface area contributed by atoms with Crippen molar-refractivity contribution in [3.63, 3.8) is 0 Å². The minimum Gasteiger partial charge on any atom is -0.462 e. The molecule has 7 heteroatoms. The minimum atomic E-state index is -0.202. The van der Waals surface area contributed by atoms with Gasteiger partial charge < -0.3 is 9.73 Å². The molecule has 0 bridgehead atoms. The van der Waals surface area contributed by atoms with Crippen LogP contribution in [0.3, 0.4) is 0 Å². The number of thiazole rings is 1. The molecule has 0 fully saturated rings. The summed E-state index contributed by atoms with van der Waals surface area (Å²) in [6.45, 7) is 3.83. The molecule has 130 valence electrons. The van der Waals surface area contributed by atoms with Crippen molar-refractivity contribution in [2.45, 2.75) is 24.9 Å². The lowest BCUT2D eigenvalue weighted by molar-refractivity contribution is -0.115. The van der Waals surface area contributed by atoms with E-state index in [0.29, 0.717) is 10.8 Å². The smallest absolute Gasteiger partial charge is 0.237 e. The van der Waals surface area contributed by atoms with E-state index in [-0.39, 0.29) is 11.2 Å². The Hall–Kier alpha value is -1.76. The standard InChI is InChI=1S/C18H17ClN2O2S2/c1-11-5-6-13(19)8-15(11)21-17(22)12(2)24-9-14-10-25-18(20-14)16-4-3-7-23-16/h3-8,10,12H,9H2,1-2H3,(H,21,22)/t12-/m1/s1. The molecule has 1 N–H and O–H groups in total. The molecule has 1 amide bonds. The van der Waals surface area contributed by atoms with E-state index in [2.05, 4.69) is 10.3 Å². The molecule has 3 aromatic rings. The van der Waals surface area contributed by atoms with Gasteiger partial charge in [-0.15, -0.1) is 23.1 Å². The number of aromatic nitrogens is 1. The SMILES string of the molecule is Cc1ccc(Cl)cc1NC(=O)[C@@H](C)SCc1csc(-c2ccco2)n1. The monoisotopic (exact) mass is 392 g/mol. The molecule has 1 aromatic carbocycles. The third-order valence-electron chi connectivity index (χ3n) is 3.59. The maximum absolute atomic E-state index is 12.4. The Morgan fingerprint density at radius 2 is 2.28 bits per heavy atom. The van der Waals surface area contributed by atoms with Crippen LogP contribution in [0.15, 0.2) is 46.4 Å². The number of hydrogen-bond donors (Lipinski definition) is 1. The Morgan fingerprint density at radius 3 is 3.04 bits per heavy atom. The third kappa shape index (κ3) is 4.66. The first-order chi connectivity index (χ1) is 12.0. The van der Waals surface area contributed by atoms with Crippen LogP contribution in [0.5, 0.6) is 0 Å². The van der Waals surface area contributed by atoms with Gasteiger partial charge in [-0.2, -0.15) is 0 Å². The topological polar surface area (TPSA) is 55.1 Å². The molecular weight excluding hydrogens is 376 g/mol. The Labute approximate surface area is 159 Å². The van der Waals surface area contributed by atoms with Gasteiger partial charge in [0.05, 0.1) is 17.2 Å². The Kier molecular flexibility index (Phi) is 5.83. The van der Waals surface area contributed by atoms with Crippen LogP contribution in [-0.4, -0.2) is 16.1 Å². The number of nitrogens with zero attached hydrogens (tertiary/aromatic N) is 1. The predicted molar refractivity (Wildman–Crippen MR) is 105 cm³/mol. The number of rotatable bonds is 6. The van der Waals surface area contributed by atoms with Gasteiger partial charge in [0.15, 0.2) is 10.8 Å². The zero-order valence-electron chi connectivity index (χ0n) is 13.8. The molecule has 2 heterocycles. The summed E-state index contributed by atoms with van der Waals surface area (Å²) < 4.78 is 5.35. The summed E-state index contributed by atoms with van der Waals surface area (Å²) in [5.41, 5.74) is 2.68. The highest BCUT2D eigenvalue weighted by Crippen LogP contribution is 2.27. The third-order valence-corrected chi connectivity index (χ3v) is 5.91. The van der Waals surface area contributed by atoms with Gasteiger partial charge in [-0.05, 0) is 43.7 Å². The molecule has 0 aliphatic rings. The average molecular weight is 393 g/mol. The van der Waals surface area contributed by atoms with Crippen LogP contribution in [-0.2, 0) is 10.5 Å². The predicted octanol–water partition coefficient (Wildman–Crippen LogP) is 5.63. The number of furan rings is 1. The zero-order valence-corrected chi connectivity index (χ0v) is 16.2. The van der Waals surface area contributed by atoms with Crippen molar-refractivity contribution in [1.29, 1.82) is 0 Å². The Balaban J connectivity index is 1.56. The van der Waals surface area contributed by atoms with Gasteiger partial charge in [0.2, 0.25) is 5.91 Å². The molecule has 4 nitrogen and oxygen atoms in total. The van der Waals surface area contributed by atoms with Crippen LogP contribution in [0.25, 0.3) is 10.8 Å². The second kappa shape index (κ2) is 8.08. The molecule has 1 atom stereocenters. The van der Waals surface area contributed by atoms with Crippen molar-refractivity contribution >= 4 is 46.3 Å². The van der Waals surface area contributed by atoms with Crippen LogP contribution in [0.4, 0.5) is 5.69 Å². The van der Waals surface area contributed by atoms with Crippen molar-refractivity contribution < 1.29 is 9.21 Å². The van der Waals surface area contributed by atoms with Crippen LogP contribution in [0.2, 0.25) is 5.02 Å². The summed E-state index contributed by atoms with van der Waals surface area (Å²) in [6, 6.07) is 9.20. The number of carbonyl (C=O) groups is 1. The van der Waals surface area contributed by atoms with Gasteiger partial charge >= 0.3 is 0 Å². The molecule has 2 aromatic heterocycles. The quantitative estimate of drug-likeness (QED) is 0.591. The summed E-state index contributed by atoms with van der Waals surface area (Å²) in [5, 5.41) is 6.19. The minimum absolute atomic E-state index is 0.0446.